The molecule has 1 N–H and O–H groups in total. The second-order valence-electron chi connectivity index (χ2n) is 4.90. The number of hydrogen-bond acceptors (Lipinski definition) is 4. The standard InChI is InChI=1S/C16H13ClN2O3S/c1-11-15(17)16(18-22-11)19-23(20,21)14-9-7-13(8-10-14)12-5-3-2-4-6-12/h2-10H,1H3,(H,18,19). The van der Waals surface area contributed by atoms with Gasteiger partial charge in [-0.05, 0) is 30.2 Å². The maximum absolute atomic E-state index is 12.4. The van der Waals surface area contributed by atoms with Crippen molar-refractivity contribution in [1.29, 1.82) is 0 Å². The van der Waals surface area contributed by atoms with Crippen LogP contribution in [0.15, 0.2) is 64.0 Å². The number of hydrogen-bond donors (Lipinski definition) is 1. The molecule has 0 radical (unpaired) electrons. The van der Waals surface area contributed by atoms with E-state index in [0.717, 1.165) is 11.1 Å². The van der Waals surface area contributed by atoms with Gasteiger partial charge in [0.2, 0.25) is 5.82 Å². The van der Waals surface area contributed by atoms with Crippen molar-refractivity contribution in [3.8, 4) is 11.1 Å². The van der Waals surface area contributed by atoms with Crippen LogP contribution < -0.4 is 4.72 Å². The van der Waals surface area contributed by atoms with Gasteiger partial charge in [0.1, 0.15) is 5.02 Å². The van der Waals surface area contributed by atoms with Crippen LogP contribution in [0, 0.1) is 6.92 Å². The highest BCUT2D eigenvalue weighted by atomic mass is 35.5. The lowest BCUT2D eigenvalue weighted by Gasteiger charge is -2.07. The predicted molar refractivity (Wildman–Crippen MR) is 88.9 cm³/mol. The topological polar surface area (TPSA) is 72.2 Å². The van der Waals surface area contributed by atoms with Crippen LogP contribution in [0.2, 0.25) is 5.02 Å². The molecule has 7 heteroatoms. The third-order valence-corrected chi connectivity index (χ3v) is 5.09. The van der Waals surface area contributed by atoms with E-state index in [1.54, 1.807) is 19.1 Å². The van der Waals surface area contributed by atoms with Crippen molar-refractivity contribution in [2.45, 2.75) is 11.8 Å². The minimum absolute atomic E-state index is 0.0173. The third kappa shape index (κ3) is 3.23. The van der Waals surface area contributed by atoms with Gasteiger partial charge >= 0.3 is 0 Å². The zero-order valence-electron chi connectivity index (χ0n) is 12.2. The van der Waals surface area contributed by atoms with Gasteiger partial charge < -0.3 is 4.52 Å². The Morgan fingerprint density at radius 1 is 1.00 bits per heavy atom. The van der Waals surface area contributed by atoms with Crippen molar-refractivity contribution in [2.24, 2.45) is 0 Å². The molecule has 0 unspecified atom stereocenters. The summed E-state index contributed by atoms with van der Waals surface area (Å²) in [5, 5.41) is 3.74. The molecule has 1 heterocycles. The smallest absolute Gasteiger partial charge is 0.263 e. The van der Waals surface area contributed by atoms with Crippen LogP contribution in [0.5, 0.6) is 0 Å². The fourth-order valence-electron chi connectivity index (χ4n) is 2.07. The highest BCUT2D eigenvalue weighted by Crippen LogP contribution is 2.27. The van der Waals surface area contributed by atoms with Crippen molar-refractivity contribution < 1.29 is 12.9 Å². The van der Waals surface area contributed by atoms with Crippen LogP contribution in [-0.4, -0.2) is 13.6 Å². The molecule has 3 aromatic rings. The van der Waals surface area contributed by atoms with Crippen LogP contribution in [0.1, 0.15) is 5.76 Å². The van der Waals surface area contributed by atoms with E-state index in [9.17, 15) is 8.42 Å². The minimum Gasteiger partial charge on any atom is -0.358 e. The number of anilines is 1. The number of halogens is 1. The van der Waals surface area contributed by atoms with Crippen molar-refractivity contribution in [3.05, 3.63) is 65.4 Å². The SMILES string of the molecule is Cc1onc(NS(=O)(=O)c2ccc(-c3ccccc3)cc2)c1Cl. The molecule has 3 rings (SSSR count). The lowest BCUT2D eigenvalue weighted by molar-refractivity contribution is 0.400. The average molecular weight is 349 g/mol. The molecule has 0 aliphatic heterocycles. The molecule has 0 aliphatic rings. The van der Waals surface area contributed by atoms with E-state index in [1.165, 1.54) is 12.1 Å². The highest BCUT2D eigenvalue weighted by Gasteiger charge is 2.19. The van der Waals surface area contributed by atoms with Gasteiger partial charge in [0.25, 0.3) is 10.0 Å². The molecule has 5 nitrogen and oxygen atoms in total. The van der Waals surface area contributed by atoms with Gasteiger partial charge in [-0.25, -0.2) is 8.42 Å². The Morgan fingerprint density at radius 3 is 2.17 bits per heavy atom. The zero-order valence-corrected chi connectivity index (χ0v) is 13.7. The summed E-state index contributed by atoms with van der Waals surface area (Å²) in [6, 6.07) is 16.3. The monoisotopic (exact) mass is 348 g/mol. The average Bonchev–Trinajstić information content (AvgIpc) is 2.87. The Labute approximate surface area is 138 Å². The summed E-state index contributed by atoms with van der Waals surface area (Å²) in [5.74, 6) is 0.333. The first-order valence-electron chi connectivity index (χ1n) is 6.77. The summed E-state index contributed by atoms with van der Waals surface area (Å²) in [4.78, 5) is 0.119. The van der Waals surface area contributed by atoms with E-state index in [4.69, 9.17) is 16.1 Å². The number of rotatable bonds is 4. The van der Waals surface area contributed by atoms with E-state index in [0.29, 0.717) is 5.76 Å². The first-order valence-corrected chi connectivity index (χ1v) is 8.63. The van der Waals surface area contributed by atoms with Crippen LogP contribution in [0.25, 0.3) is 11.1 Å². The molecule has 0 bridgehead atoms. The van der Waals surface area contributed by atoms with E-state index >= 15 is 0 Å². The van der Waals surface area contributed by atoms with Crippen molar-refractivity contribution in [2.75, 3.05) is 4.72 Å². The van der Waals surface area contributed by atoms with Crippen LogP contribution >= 0.6 is 11.6 Å². The number of nitrogens with zero attached hydrogens (tertiary/aromatic N) is 1. The van der Waals surface area contributed by atoms with E-state index < -0.39 is 10.0 Å². The van der Waals surface area contributed by atoms with Crippen LogP contribution in [0.3, 0.4) is 0 Å². The summed E-state index contributed by atoms with van der Waals surface area (Å²) >= 11 is 5.92. The Kier molecular flexibility index (Phi) is 4.11. The van der Waals surface area contributed by atoms with Gasteiger partial charge in [-0.3, -0.25) is 4.72 Å². The van der Waals surface area contributed by atoms with Gasteiger partial charge in [0, 0.05) is 0 Å². The molecule has 0 amide bonds. The van der Waals surface area contributed by atoms with Crippen molar-refractivity contribution >= 4 is 27.4 Å². The van der Waals surface area contributed by atoms with Gasteiger partial charge in [-0.2, -0.15) is 0 Å². The number of nitrogens with one attached hydrogen (secondary N) is 1. The molecule has 0 atom stereocenters. The van der Waals surface area contributed by atoms with Crippen molar-refractivity contribution in [3.63, 3.8) is 0 Å². The fraction of sp³-hybridized carbons (Fsp3) is 0.0625. The van der Waals surface area contributed by atoms with Gasteiger partial charge in [0.15, 0.2) is 5.76 Å². The van der Waals surface area contributed by atoms with E-state index in [2.05, 4.69) is 9.88 Å². The quantitative estimate of drug-likeness (QED) is 0.770. The highest BCUT2D eigenvalue weighted by molar-refractivity contribution is 7.92. The zero-order chi connectivity index (χ0) is 16.4. The van der Waals surface area contributed by atoms with E-state index in [-0.39, 0.29) is 15.7 Å². The summed E-state index contributed by atoms with van der Waals surface area (Å²) < 4.78 is 31.9. The molecule has 2 aromatic carbocycles. The number of benzene rings is 2. The Morgan fingerprint density at radius 2 is 1.61 bits per heavy atom. The van der Waals surface area contributed by atoms with Gasteiger partial charge in [-0.1, -0.05) is 59.2 Å². The molecule has 0 fully saturated rings. The second kappa shape index (κ2) is 6.06. The van der Waals surface area contributed by atoms with E-state index in [1.807, 2.05) is 30.3 Å². The maximum Gasteiger partial charge on any atom is 0.263 e. The third-order valence-electron chi connectivity index (χ3n) is 3.29. The van der Waals surface area contributed by atoms with Crippen LogP contribution in [-0.2, 0) is 10.0 Å². The lowest BCUT2D eigenvalue weighted by Crippen LogP contribution is -2.13. The minimum atomic E-state index is -3.78. The summed E-state index contributed by atoms with van der Waals surface area (Å²) in [6.07, 6.45) is 0. The van der Waals surface area contributed by atoms with Gasteiger partial charge in [0.05, 0.1) is 4.90 Å². The lowest BCUT2D eigenvalue weighted by atomic mass is 10.1. The maximum atomic E-state index is 12.4. The largest absolute Gasteiger partial charge is 0.358 e. The Hall–Kier alpha value is -2.31. The number of sulfonamides is 1. The molecule has 118 valence electrons. The van der Waals surface area contributed by atoms with Gasteiger partial charge in [-0.15, -0.1) is 0 Å². The molecule has 23 heavy (non-hydrogen) atoms. The molecule has 1 aromatic heterocycles. The fourth-order valence-corrected chi connectivity index (χ4v) is 3.25. The van der Waals surface area contributed by atoms with Crippen molar-refractivity contribution in [1.82, 2.24) is 5.16 Å². The Bertz CT molecular complexity index is 920. The summed E-state index contributed by atoms with van der Waals surface area (Å²) in [6.45, 7) is 1.60. The molecule has 0 aliphatic carbocycles. The first-order chi connectivity index (χ1) is 11.0. The number of aromatic nitrogens is 1. The molecule has 0 spiro atoms. The molecular weight excluding hydrogens is 336 g/mol. The van der Waals surface area contributed by atoms with Crippen LogP contribution in [0.4, 0.5) is 5.82 Å². The number of aryl methyl sites for hydroxylation is 1. The first kappa shape index (κ1) is 15.6. The predicted octanol–water partition coefficient (Wildman–Crippen LogP) is 4.10. The Balaban J connectivity index is 1.87. The molecule has 0 saturated heterocycles. The summed E-state index contributed by atoms with van der Waals surface area (Å²) in [7, 11) is -3.78. The molecule has 0 saturated carbocycles. The molecular formula is C16H13ClN2O3S. The summed E-state index contributed by atoms with van der Waals surface area (Å²) in [5.41, 5.74) is 1.94. The normalized spacial score (nSPS) is 11.4. The second-order valence-corrected chi connectivity index (χ2v) is 6.96.